The van der Waals surface area contributed by atoms with Gasteiger partial charge in [-0.25, -0.2) is 0 Å². The molecule has 3 aliphatic rings. The summed E-state index contributed by atoms with van der Waals surface area (Å²) in [6.07, 6.45) is -1.06. The number of hydrogen-bond donors (Lipinski definition) is 1. The Kier molecular flexibility index (Phi) is 5.16. The Morgan fingerprint density at radius 2 is 1.77 bits per heavy atom. The van der Waals surface area contributed by atoms with Crippen molar-refractivity contribution in [3.8, 4) is 16.9 Å². The summed E-state index contributed by atoms with van der Waals surface area (Å²) in [5.41, 5.74) is 3.93. The smallest absolute Gasteiger partial charge is 0.406 e. The number of hydrogen-bond acceptors (Lipinski definition) is 3. The van der Waals surface area contributed by atoms with Crippen molar-refractivity contribution < 1.29 is 22.7 Å². The van der Waals surface area contributed by atoms with Gasteiger partial charge in [0, 0.05) is 12.5 Å². The van der Waals surface area contributed by atoms with Crippen LogP contribution in [-0.4, -0.2) is 36.8 Å². The quantitative estimate of drug-likeness (QED) is 0.744. The molecule has 2 aromatic rings. The number of halogens is 3. The first-order chi connectivity index (χ1) is 14.9. The fourth-order valence-corrected chi connectivity index (χ4v) is 5.40. The van der Waals surface area contributed by atoms with E-state index in [1.54, 1.807) is 12.1 Å². The molecule has 2 fully saturated rings. The van der Waals surface area contributed by atoms with Crippen LogP contribution in [0.15, 0.2) is 42.5 Å². The summed E-state index contributed by atoms with van der Waals surface area (Å²) in [6.45, 7) is 2.54. The fourth-order valence-electron chi connectivity index (χ4n) is 5.40. The normalized spacial score (nSPS) is 23.5. The molecule has 31 heavy (non-hydrogen) atoms. The number of ether oxygens (including phenoxy) is 1. The van der Waals surface area contributed by atoms with Crippen molar-refractivity contribution in [3.05, 3.63) is 53.6 Å². The molecule has 0 aromatic heterocycles. The average molecular weight is 430 g/mol. The molecule has 2 saturated heterocycles. The second kappa shape index (κ2) is 7.86. The Morgan fingerprint density at radius 1 is 1.00 bits per heavy atom. The van der Waals surface area contributed by atoms with Crippen LogP contribution in [0.1, 0.15) is 48.8 Å². The maximum Gasteiger partial charge on any atom is 0.573 e. The predicted octanol–water partition coefficient (Wildman–Crippen LogP) is 5.01. The lowest BCUT2D eigenvalue weighted by atomic mass is 9.92. The van der Waals surface area contributed by atoms with Gasteiger partial charge in [-0.3, -0.25) is 4.79 Å². The first-order valence-corrected chi connectivity index (χ1v) is 10.9. The Balaban J connectivity index is 1.43. The topological polar surface area (TPSA) is 41.6 Å². The van der Waals surface area contributed by atoms with Gasteiger partial charge in [0.15, 0.2) is 0 Å². The number of benzene rings is 2. The van der Waals surface area contributed by atoms with Crippen molar-refractivity contribution in [3.63, 3.8) is 0 Å². The molecule has 0 radical (unpaired) electrons. The van der Waals surface area contributed by atoms with Crippen LogP contribution in [0.4, 0.5) is 13.2 Å². The first-order valence-electron chi connectivity index (χ1n) is 10.9. The van der Waals surface area contributed by atoms with Crippen LogP contribution < -0.4 is 10.1 Å². The molecule has 1 aliphatic carbocycles. The number of fused-ring (bicyclic) bond motifs is 5. The summed E-state index contributed by atoms with van der Waals surface area (Å²) >= 11 is 0. The van der Waals surface area contributed by atoms with Gasteiger partial charge in [0.05, 0.1) is 6.04 Å². The van der Waals surface area contributed by atoms with Crippen molar-refractivity contribution in [2.24, 2.45) is 5.92 Å². The molecule has 164 valence electrons. The predicted molar refractivity (Wildman–Crippen MR) is 111 cm³/mol. The molecule has 0 saturated carbocycles. The van der Waals surface area contributed by atoms with Crippen LogP contribution in [-0.2, 0) is 4.79 Å². The van der Waals surface area contributed by atoms with Crippen molar-refractivity contribution >= 4 is 5.91 Å². The molecule has 2 atom stereocenters. The van der Waals surface area contributed by atoms with Gasteiger partial charge in [0.2, 0.25) is 5.91 Å². The lowest BCUT2D eigenvalue weighted by Crippen LogP contribution is -2.44. The van der Waals surface area contributed by atoms with E-state index in [1.165, 1.54) is 17.7 Å². The van der Waals surface area contributed by atoms with E-state index in [4.69, 9.17) is 0 Å². The van der Waals surface area contributed by atoms with Crippen molar-refractivity contribution in [2.75, 3.05) is 19.6 Å². The molecule has 0 spiro atoms. The number of likely N-dealkylation sites (tertiary alicyclic amines) is 1. The molecule has 5 rings (SSSR count). The van der Waals surface area contributed by atoms with Crippen LogP contribution in [0.5, 0.6) is 5.75 Å². The maximum absolute atomic E-state index is 13.3. The van der Waals surface area contributed by atoms with Crippen LogP contribution >= 0.6 is 0 Å². The third-order valence-electron chi connectivity index (χ3n) is 6.86. The monoisotopic (exact) mass is 430 g/mol. The van der Waals surface area contributed by atoms with Gasteiger partial charge in [-0.05, 0) is 85.1 Å². The molecular weight excluding hydrogens is 405 g/mol. The molecule has 0 unspecified atom stereocenters. The second-order valence-corrected chi connectivity index (χ2v) is 8.71. The number of carbonyl (C=O) groups excluding carboxylic acids is 1. The minimum absolute atomic E-state index is 0.0608. The zero-order chi connectivity index (χ0) is 21.6. The van der Waals surface area contributed by atoms with E-state index in [-0.39, 0.29) is 23.6 Å². The highest BCUT2D eigenvalue weighted by Gasteiger charge is 2.42. The minimum atomic E-state index is -4.72. The van der Waals surface area contributed by atoms with E-state index in [0.717, 1.165) is 56.4 Å². The lowest BCUT2D eigenvalue weighted by Gasteiger charge is -2.37. The number of amides is 1. The summed E-state index contributed by atoms with van der Waals surface area (Å²) in [6, 6.07) is 12.2. The Labute approximate surface area is 179 Å². The number of rotatable bonds is 3. The van der Waals surface area contributed by atoms with Crippen molar-refractivity contribution in [2.45, 2.75) is 44.0 Å². The van der Waals surface area contributed by atoms with Gasteiger partial charge in [-0.15, -0.1) is 13.2 Å². The number of alkyl halides is 3. The first kappa shape index (κ1) is 20.4. The number of piperidine rings is 2. The Morgan fingerprint density at radius 3 is 2.55 bits per heavy atom. The highest BCUT2D eigenvalue weighted by Crippen LogP contribution is 2.50. The molecule has 2 aliphatic heterocycles. The molecule has 4 nitrogen and oxygen atoms in total. The number of nitrogens with zero attached hydrogens (tertiary/aromatic N) is 1. The van der Waals surface area contributed by atoms with Crippen LogP contribution in [0.25, 0.3) is 11.1 Å². The van der Waals surface area contributed by atoms with Crippen molar-refractivity contribution in [1.82, 2.24) is 10.2 Å². The SMILES string of the molecule is O=C(C1CCNCC1)N1CC[C@@H]2C[C@H]1c1cc(-c3cccc(OC(F)(F)F)c3)ccc12. The van der Waals surface area contributed by atoms with Gasteiger partial charge in [0.25, 0.3) is 0 Å². The minimum Gasteiger partial charge on any atom is -0.406 e. The number of nitrogens with one attached hydrogen (secondary N) is 1. The molecule has 1 amide bonds. The Bertz CT molecular complexity index is 985. The zero-order valence-electron chi connectivity index (χ0n) is 17.1. The van der Waals surface area contributed by atoms with E-state index in [9.17, 15) is 18.0 Å². The highest BCUT2D eigenvalue weighted by atomic mass is 19.4. The molecule has 2 bridgehead atoms. The molecular formula is C24H25F3N2O2. The van der Waals surface area contributed by atoms with Crippen LogP contribution in [0.3, 0.4) is 0 Å². The fraction of sp³-hybridized carbons (Fsp3) is 0.458. The molecule has 1 N–H and O–H groups in total. The number of carbonyl (C=O) groups is 1. The largest absolute Gasteiger partial charge is 0.573 e. The van der Waals surface area contributed by atoms with E-state index < -0.39 is 6.36 Å². The van der Waals surface area contributed by atoms with E-state index >= 15 is 0 Å². The summed E-state index contributed by atoms with van der Waals surface area (Å²) in [4.78, 5) is 15.3. The van der Waals surface area contributed by atoms with E-state index in [2.05, 4.69) is 27.1 Å². The standard InChI is InChI=1S/C24H25F3N2O2/c25-24(26,27)31-19-3-1-2-16(12-19)17-4-5-20-18-8-11-29(22(14-18)21(20)13-17)23(30)15-6-9-28-10-7-15/h1-5,12-13,15,18,22,28H,6-11,14H2/t18-,22+/m1/s1. The summed E-state index contributed by atoms with van der Waals surface area (Å²) < 4.78 is 41.9. The Hall–Kier alpha value is -2.54. The highest BCUT2D eigenvalue weighted by molar-refractivity contribution is 5.80. The van der Waals surface area contributed by atoms with Gasteiger partial charge < -0.3 is 15.0 Å². The maximum atomic E-state index is 13.3. The van der Waals surface area contributed by atoms with E-state index in [1.807, 2.05) is 6.07 Å². The summed E-state index contributed by atoms with van der Waals surface area (Å²) in [5, 5.41) is 3.31. The average Bonchev–Trinajstić information content (AvgIpc) is 3.04. The van der Waals surface area contributed by atoms with Gasteiger partial charge in [-0.2, -0.15) is 0 Å². The zero-order valence-corrected chi connectivity index (χ0v) is 17.1. The van der Waals surface area contributed by atoms with Crippen molar-refractivity contribution in [1.29, 1.82) is 0 Å². The second-order valence-electron chi connectivity index (χ2n) is 8.71. The van der Waals surface area contributed by atoms with Gasteiger partial charge >= 0.3 is 6.36 Å². The third-order valence-corrected chi connectivity index (χ3v) is 6.86. The molecule has 7 heteroatoms. The summed E-state index contributed by atoms with van der Waals surface area (Å²) in [5.74, 6) is 0.558. The van der Waals surface area contributed by atoms with E-state index in [0.29, 0.717) is 11.5 Å². The lowest BCUT2D eigenvalue weighted by molar-refractivity contribution is -0.274. The third kappa shape index (κ3) is 4.03. The molecule has 2 heterocycles. The van der Waals surface area contributed by atoms with Gasteiger partial charge in [0.1, 0.15) is 5.75 Å². The van der Waals surface area contributed by atoms with Gasteiger partial charge in [-0.1, -0.05) is 24.3 Å². The summed E-state index contributed by atoms with van der Waals surface area (Å²) in [7, 11) is 0. The van der Waals surface area contributed by atoms with Crippen LogP contribution in [0.2, 0.25) is 0 Å². The molecule has 2 aromatic carbocycles. The van der Waals surface area contributed by atoms with Crippen LogP contribution in [0, 0.1) is 5.92 Å².